The van der Waals surface area contributed by atoms with Gasteiger partial charge in [-0.2, -0.15) is 0 Å². The van der Waals surface area contributed by atoms with Crippen molar-refractivity contribution in [2.75, 3.05) is 38.2 Å². The number of likely N-dealkylation sites (N-methyl/N-ethyl adjacent to an activating group) is 1. The van der Waals surface area contributed by atoms with Crippen molar-refractivity contribution in [1.82, 2.24) is 25.9 Å². The topological polar surface area (TPSA) is 115 Å². The summed E-state index contributed by atoms with van der Waals surface area (Å²) in [7, 11) is 1.76. The first-order valence-electron chi connectivity index (χ1n) is 10.2. The van der Waals surface area contributed by atoms with E-state index in [0.717, 1.165) is 31.9 Å². The molecule has 3 rings (SSSR count). The molecule has 160 valence electrons. The van der Waals surface area contributed by atoms with E-state index in [4.69, 9.17) is 10.1 Å². The Balaban J connectivity index is 1.70. The summed E-state index contributed by atoms with van der Waals surface area (Å²) in [5, 5.41) is 17.3. The van der Waals surface area contributed by atoms with Crippen molar-refractivity contribution < 1.29 is 9.53 Å². The highest BCUT2D eigenvalue weighted by Gasteiger charge is 2.24. The van der Waals surface area contributed by atoms with Crippen LogP contribution in [0.15, 0.2) is 47.8 Å². The zero-order valence-electron chi connectivity index (χ0n) is 17.7. The minimum Gasteiger partial charge on any atom is -0.492 e. The van der Waals surface area contributed by atoms with Crippen LogP contribution < -0.4 is 20.9 Å². The number of nitrogens with zero attached hydrogens (tertiary/aromatic N) is 3. The Bertz CT molecular complexity index is 874. The van der Waals surface area contributed by atoms with Crippen LogP contribution >= 0.6 is 0 Å². The molecule has 9 heteroatoms. The molecule has 1 aliphatic heterocycles. The summed E-state index contributed by atoms with van der Waals surface area (Å²) in [4.78, 5) is 23.6. The second-order valence-electron chi connectivity index (χ2n) is 7.00. The third-order valence-electron chi connectivity index (χ3n) is 4.88. The molecule has 1 aromatic heterocycles. The lowest BCUT2D eigenvalue weighted by Crippen LogP contribution is -2.32. The van der Waals surface area contributed by atoms with Crippen LogP contribution in [-0.4, -0.2) is 60.9 Å². The number of rotatable bonds is 8. The van der Waals surface area contributed by atoms with Gasteiger partial charge in [-0.15, -0.1) is 0 Å². The van der Waals surface area contributed by atoms with Crippen molar-refractivity contribution in [3.63, 3.8) is 0 Å². The van der Waals surface area contributed by atoms with Gasteiger partial charge in [0.1, 0.15) is 17.3 Å². The molecule has 1 saturated heterocycles. The van der Waals surface area contributed by atoms with E-state index in [1.165, 1.54) is 6.20 Å². The van der Waals surface area contributed by atoms with E-state index in [1.807, 2.05) is 6.92 Å². The SMILES string of the molecule is CCNC1CCN(c2cnc(C(=O)NC3=C/C(=C/NC)C(=N)C=C3OCC)cn2)C1. The Morgan fingerprint density at radius 3 is 2.83 bits per heavy atom. The molecular formula is C21H29N7O2. The molecule has 1 atom stereocenters. The summed E-state index contributed by atoms with van der Waals surface area (Å²) in [5.74, 6) is 0.835. The van der Waals surface area contributed by atoms with Crippen molar-refractivity contribution in [2.24, 2.45) is 0 Å². The predicted molar refractivity (Wildman–Crippen MR) is 116 cm³/mol. The lowest BCUT2D eigenvalue weighted by molar-refractivity contribution is 0.0956. The molecule has 1 fully saturated rings. The van der Waals surface area contributed by atoms with Gasteiger partial charge in [-0.25, -0.2) is 9.97 Å². The van der Waals surface area contributed by atoms with Crippen LogP contribution in [0.4, 0.5) is 5.82 Å². The average Bonchev–Trinajstić information content (AvgIpc) is 3.20. The number of aromatic nitrogens is 2. The average molecular weight is 412 g/mol. The number of amides is 1. The van der Waals surface area contributed by atoms with Crippen LogP contribution in [0.25, 0.3) is 0 Å². The normalized spacial score (nSPS) is 20.1. The zero-order chi connectivity index (χ0) is 21.5. The molecular weight excluding hydrogens is 382 g/mol. The number of hydrogen-bond donors (Lipinski definition) is 4. The molecule has 1 aliphatic carbocycles. The number of hydrogen-bond acceptors (Lipinski definition) is 8. The Morgan fingerprint density at radius 2 is 2.17 bits per heavy atom. The number of nitrogens with one attached hydrogen (secondary N) is 4. The lowest BCUT2D eigenvalue weighted by atomic mass is 10.0. The molecule has 30 heavy (non-hydrogen) atoms. The summed E-state index contributed by atoms with van der Waals surface area (Å²) in [6.07, 6.45) is 9.18. The van der Waals surface area contributed by atoms with Crippen molar-refractivity contribution in [3.8, 4) is 0 Å². The van der Waals surface area contributed by atoms with Crippen molar-refractivity contribution in [2.45, 2.75) is 26.3 Å². The fourth-order valence-corrected chi connectivity index (χ4v) is 3.46. The molecule has 0 saturated carbocycles. The van der Waals surface area contributed by atoms with Crippen molar-refractivity contribution >= 4 is 17.4 Å². The van der Waals surface area contributed by atoms with Gasteiger partial charge in [-0.05, 0) is 26.0 Å². The number of carbonyl (C=O) groups is 1. The minimum atomic E-state index is -0.380. The Kier molecular flexibility index (Phi) is 7.18. The summed E-state index contributed by atoms with van der Waals surface area (Å²) in [6.45, 7) is 7.13. The van der Waals surface area contributed by atoms with E-state index >= 15 is 0 Å². The summed E-state index contributed by atoms with van der Waals surface area (Å²) < 4.78 is 5.59. The molecule has 0 radical (unpaired) electrons. The maximum atomic E-state index is 12.7. The van der Waals surface area contributed by atoms with Crippen LogP contribution in [0, 0.1) is 5.41 Å². The van der Waals surface area contributed by atoms with Gasteiger partial charge >= 0.3 is 0 Å². The highest BCUT2D eigenvalue weighted by atomic mass is 16.5. The second kappa shape index (κ2) is 10.0. The zero-order valence-corrected chi connectivity index (χ0v) is 17.7. The smallest absolute Gasteiger partial charge is 0.275 e. The molecule has 0 spiro atoms. The predicted octanol–water partition coefficient (Wildman–Crippen LogP) is 1.34. The van der Waals surface area contributed by atoms with Crippen LogP contribution in [0.2, 0.25) is 0 Å². The maximum absolute atomic E-state index is 12.7. The maximum Gasteiger partial charge on any atom is 0.275 e. The quantitative estimate of drug-likeness (QED) is 0.510. The highest BCUT2D eigenvalue weighted by Crippen LogP contribution is 2.21. The molecule has 9 nitrogen and oxygen atoms in total. The summed E-state index contributed by atoms with van der Waals surface area (Å²) in [5.41, 5.74) is 1.65. The first-order valence-corrected chi connectivity index (χ1v) is 10.2. The molecule has 1 amide bonds. The van der Waals surface area contributed by atoms with E-state index in [-0.39, 0.29) is 11.6 Å². The van der Waals surface area contributed by atoms with E-state index in [9.17, 15) is 4.79 Å². The number of ether oxygens (including phenoxy) is 1. The Morgan fingerprint density at radius 1 is 1.33 bits per heavy atom. The molecule has 1 aromatic rings. The van der Waals surface area contributed by atoms with Crippen LogP contribution in [0.1, 0.15) is 30.8 Å². The monoisotopic (exact) mass is 411 g/mol. The van der Waals surface area contributed by atoms with Gasteiger partial charge in [0.05, 0.1) is 30.4 Å². The van der Waals surface area contributed by atoms with Gasteiger partial charge in [0.15, 0.2) is 0 Å². The highest BCUT2D eigenvalue weighted by molar-refractivity contribution is 6.10. The molecule has 1 unspecified atom stereocenters. The summed E-state index contributed by atoms with van der Waals surface area (Å²) in [6, 6.07) is 0.459. The van der Waals surface area contributed by atoms with Gasteiger partial charge in [-0.1, -0.05) is 6.92 Å². The van der Waals surface area contributed by atoms with Gasteiger partial charge in [-0.3, -0.25) is 4.79 Å². The van der Waals surface area contributed by atoms with Gasteiger partial charge in [0.25, 0.3) is 5.91 Å². The number of anilines is 1. The minimum absolute atomic E-state index is 0.220. The molecule has 0 aromatic carbocycles. The standard InChI is InChI=1S/C21H29N7O2/c1-4-24-15-6-7-28(13-15)20-12-25-18(11-26-20)21(29)27-17-8-14(10-23-3)16(22)9-19(17)30-5-2/h8-12,15,22-24H,4-7,13H2,1-3H3,(H,27,29)/b14-10-,22-16?. The van der Waals surface area contributed by atoms with Gasteiger partial charge in [0, 0.05) is 44.0 Å². The Labute approximate surface area is 176 Å². The van der Waals surface area contributed by atoms with Crippen molar-refractivity contribution in [1.29, 1.82) is 5.41 Å². The van der Waals surface area contributed by atoms with E-state index in [1.54, 1.807) is 31.6 Å². The first kappa shape index (κ1) is 21.5. The third kappa shape index (κ3) is 5.04. The van der Waals surface area contributed by atoms with E-state index in [2.05, 4.69) is 37.7 Å². The van der Waals surface area contributed by atoms with Crippen LogP contribution in [0.3, 0.4) is 0 Å². The largest absolute Gasteiger partial charge is 0.492 e. The van der Waals surface area contributed by atoms with Crippen LogP contribution in [-0.2, 0) is 4.74 Å². The number of allylic oxidation sites excluding steroid dienone is 3. The molecule has 2 aliphatic rings. The Hall–Kier alpha value is -3.20. The van der Waals surface area contributed by atoms with Gasteiger partial charge in [0.2, 0.25) is 0 Å². The molecule has 2 heterocycles. The lowest BCUT2D eigenvalue weighted by Gasteiger charge is -2.19. The fraction of sp³-hybridized carbons (Fsp3) is 0.429. The number of carbonyl (C=O) groups excluding carboxylic acids is 1. The van der Waals surface area contributed by atoms with Crippen molar-refractivity contribution in [3.05, 3.63) is 53.5 Å². The van der Waals surface area contributed by atoms with Crippen LogP contribution in [0.5, 0.6) is 0 Å². The van der Waals surface area contributed by atoms with E-state index < -0.39 is 0 Å². The second-order valence-corrected chi connectivity index (χ2v) is 7.00. The van der Waals surface area contributed by atoms with E-state index in [0.29, 0.717) is 35.4 Å². The molecule has 0 bridgehead atoms. The molecule has 4 N–H and O–H groups in total. The first-order chi connectivity index (χ1) is 14.5. The third-order valence-corrected chi connectivity index (χ3v) is 4.88. The van der Waals surface area contributed by atoms with Gasteiger partial charge < -0.3 is 31.0 Å². The summed E-state index contributed by atoms with van der Waals surface area (Å²) >= 11 is 0. The fourth-order valence-electron chi connectivity index (χ4n) is 3.46.